The van der Waals surface area contributed by atoms with E-state index in [1.807, 2.05) is 42.0 Å². The first-order valence-electron chi connectivity index (χ1n) is 8.63. The van der Waals surface area contributed by atoms with Crippen molar-refractivity contribution in [2.75, 3.05) is 19.3 Å². The van der Waals surface area contributed by atoms with Crippen LogP contribution in [0.3, 0.4) is 0 Å². The Morgan fingerprint density at radius 1 is 1.35 bits per heavy atom. The zero-order valence-corrected chi connectivity index (χ0v) is 15.8. The molecule has 0 saturated carbocycles. The summed E-state index contributed by atoms with van der Waals surface area (Å²) in [6.45, 7) is 2.90. The van der Waals surface area contributed by atoms with E-state index in [-0.39, 0.29) is 6.04 Å². The summed E-state index contributed by atoms with van der Waals surface area (Å²) in [6.07, 6.45) is 6.98. The lowest BCUT2D eigenvalue weighted by atomic mass is 9.95. The molecule has 1 aliphatic rings. The van der Waals surface area contributed by atoms with Crippen LogP contribution in [0.5, 0.6) is 0 Å². The molecule has 1 aliphatic heterocycles. The fourth-order valence-corrected chi connectivity index (χ4v) is 4.72. The van der Waals surface area contributed by atoms with Gasteiger partial charge in [-0.05, 0) is 50.6 Å². The van der Waals surface area contributed by atoms with Gasteiger partial charge in [-0.1, -0.05) is 12.1 Å². The van der Waals surface area contributed by atoms with Crippen LogP contribution in [0.4, 0.5) is 0 Å². The maximum Gasteiger partial charge on any atom is 0.242 e. The van der Waals surface area contributed by atoms with Crippen LogP contribution in [0.15, 0.2) is 43.0 Å². The first kappa shape index (κ1) is 18.6. The molecular weight excluding hydrogens is 352 g/mol. The van der Waals surface area contributed by atoms with Crippen molar-refractivity contribution in [1.82, 2.24) is 20.2 Å². The number of rotatable bonds is 5. The smallest absolute Gasteiger partial charge is 0.242 e. The van der Waals surface area contributed by atoms with Gasteiger partial charge in [0.1, 0.15) is 0 Å². The van der Waals surface area contributed by atoms with Crippen molar-refractivity contribution < 1.29 is 13.2 Å². The van der Waals surface area contributed by atoms with Gasteiger partial charge in [0.15, 0.2) is 14.6 Å². The van der Waals surface area contributed by atoms with Gasteiger partial charge in [-0.3, -0.25) is 4.79 Å². The summed E-state index contributed by atoms with van der Waals surface area (Å²) in [6, 6.07) is 7.43. The normalized spacial score (nSPS) is 18.2. The number of carbonyl (C=O) groups excluding carboxylic acids is 1. The number of hydrogen-bond donors (Lipinski definition) is 2. The summed E-state index contributed by atoms with van der Waals surface area (Å²) in [5.74, 6) is -0.415. The maximum absolute atomic E-state index is 12.9. The molecule has 1 unspecified atom stereocenters. The van der Waals surface area contributed by atoms with Gasteiger partial charge in [0.2, 0.25) is 5.91 Å². The molecule has 2 N–H and O–H groups in total. The van der Waals surface area contributed by atoms with Crippen LogP contribution < -0.4 is 10.6 Å². The van der Waals surface area contributed by atoms with E-state index in [0.29, 0.717) is 25.9 Å². The first-order chi connectivity index (χ1) is 12.3. The summed E-state index contributed by atoms with van der Waals surface area (Å²) in [5.41, 5.74) is 1.84. The first-order valence-corrected chi connectivity index (χ1v) is 10.5. The van der Waals surface area contributed by atoms with Crippen LogP contribution in [-0.4, -0.2) is 48.0 Å². The highest BCUT2D eigenvalue weighted by atomic mass is 32.2. The van der Waals surface area contributed by atoms with E-state index in [1.165, 1.54) is 0 Å². The Labute approximate surface area is 153 Å². The number of piperidine rings is 1. The Balaban J connectivity index is 1.82. The highest BCUT2D eigenvalue weighted by molar-refractivity contribution is 7.92. The second-order valence-corrected chi connectivity index (χ2v) is 9.10. The molecule has 1 saturated heterocycles. The molecule has 8 heteroatoms. The van der Waals surface area contributed by atoms with Crippen molar-refractivity contribution in [1.29, 1.82) is 0 Å². The van der Waals surface area contributed by atoms with Crippen LogP contribution in [0, 0.1) is 0 Å². The third kappa shape index (κ3) is 3.52. The highest BCUT2D eigenvalue weighted by Gasteiger charge is 2.48. The molecule has 0 bridgehead atoms. The highest BCUT2D eigenvalue weighted by Crippen LogP contribution is 2.29. The second kappa shape index (κ2) is 7.20. The van der Waals surface area contributed by atoms with Crippen molar-refractivity contribution in [3.05, 3.63) is 48.5 Å². The molecular formula is C18H24N4O3S. The summed E-state index contributed by atoms with van der Waals surface area (Å²) in [5, 5.41) is 6.04. The van der Waals surface area contributed by atoms with Crippen LogP contribution >= 0.6 is 0 Å². The summed E-state index contributed by atoms with van der Waals surface area (Å²) in [7, 11) is -3.52. The number of hydrogen-bond acceptors (Lipinski definition) is 5. The lowest BCUT2D eigenvalue weighted by molar-refractivity contribution is -0.125. The lowest BCUT2D eigenvalue weighted by Crippen LogP contribution is -2.57. The van der Waals surface area contributed by atoms with Gasteiger partial charge in [-0.15, -0.1) is 0 Å². The molecule has 3 rings (SSSR count). The predicted octanol–water partition coefficient (Wildman–Crippen LogP) is 1.22. The molecule has 0 spiro atoms. The van der Waals surface area contributed by atoms with E-state index >= 15 is 0 Å². The molecule has 7 nitrogen and oxygen atoms in total. The number of aromatic nitrogens is 2. The van der Waals surface area contributed by atoms with Crippen molar-refractivity contribution in [3.63, 3.8) is 0 Å². The SMILES string of the molecule is CC(NC(=O)C1(S(C)(=O)=O)CCNCC1)c1cccc(-n2ccnc2)c1. The van der Waals surface area contributed by atoms with Crippen LogP contribution in [0.1, 0.15) is 31.4 Å². The molecule has 2 heterocycles. The molecule has 1 aromatic heterocycles. The maximum atomic E-state index is 12.9. The molecule has 2 aromatic rings. The van der Waals surface area contributed by atoms with Crippen molar-refractivity contribution >= 4 is 15.7 Å². The Kier molecular flexibility index (Phi) is 5.15. The Bertz CT molecular complexity index is 872. The van der Waals surface area contributed by atoms with E-state index in [1.54, 1.807) is 12.5 Å². The summed E-state index contributed by atoms with van der Waals surface area (Å²) in [4.78, 5) is 17.0. The molecule has 1 atom stereocenters. The predicted molar refractivity (Wildman–Crippen MR) is 99.8 cm³/mol. The molecule has 0 radical (unpaired) electrons. The van der Waals surface area contributed by atoms with E-state index in [0.717, 1.165) is 17.5 Å². The summed E-state index contributed by atoms with van der Waals surface area (Å²) >= 11 is 0. The number of benzene rings is 1. The number of imidazole rings is 1. The van der Waals surface area contributed by atoms with Crippen LogP contribution in [-0.2, 0) is 14.6 Å². The minimum absolute atomic E-state index is 0.291. The number of nitrogens with one attached hydrogen (secondary N) is 2. The zero-order chi connectivity index (χ0) is 18.8. The fraction of sp³-hybridized carbons (Fsp3) is 0.444. The monoisotopic (exact) mass is 376 g/mol. The zero-order valence-electron chi connectivity index (χ0n) is 15.0. The largest absolute Gasteiger partial charge is 0.348 e. The average molecular weight is 376 g/mol. The standard InChI is InChI=1S/C18H24N4O3S/c1-14(15-4-3-5-16(12-15)22-11-10-20-13-22)21-17(23)18(26(2,24)25)6-8-19-9-7-18/h3-5,10-14,19H,6-9H2,1-2H3,(H,21,23). The Hall–Kier alpha value is -2.19. The molecule has 140 valence electrons. The van der Waals surface area contributed by atoms with E-state index in [9.17, 15) is 13.2 Å². The van der Waals surface area contributed by atoms with Gasteiger partial charge in [0.25, 0.3) is 0 Å². The minimum Gasteiger partial charge on any atom is -0.348 e. The second-order valence-electron chi connectivity index (χ2n) is 6.78. The molecule has 26 heavy (non-hydrogen) atoms. The number of carbonyl (C=O) groups is 1. The lowest BCUT2D eigenvalue weighted by Gasteiger charge is -2.35. The van der Waals surface area contributed by atoms with E-state index in [2.05, 4.69) is 15.6 Å². The van der Waals surface area contributed by atoms with Gasteiger partial charge in [0.05, 0.1) is 12.4 Å². The Morgan fingerprint density at radius 3 is 2.69 bits per heavy atom. The molecule has 1 aromatic carbocycles. The van der Waals surface area contributed by atoms with Crippen molar-refractivity contribution in [3.8, 4) is 5.69 Å². The number of sulfone groups is 1. The van der Waals surface area contributed by atoms with Crippen LogP contribution in [0.25, 0.3) is 5.69 Å². The Morgan fingerprint density at radius 2 is 2.08 bits per heavy atom. The van der Waals surface area contributed by atoms with Gasteiger partial charge >= 0.3 is 0 Å². The fourth-order valence-electron chi connectivity index (χ4n) is 3.37. The quantitative estimate of drug-likeness (QED) is 0.818. The molecule has 0 aliphatic carbocycles. The van der Waals surface area contributed by atoms with Gasteiger partial charge in [0, 0.05) is 24.3 Å². The van der Waals surface area contributed by atoms with Crippen molar-refractivity contribution in [2.45, 2.75) is 30.6 Å². The van der Waals surface area contributed by atoms with Gasteiger partial charge < -0.3 is 15.2 Å². The topological polar surface area (TPSA) is 93.1 Å². The summed E-state index contributed by atoms with van der Waals surface area (Å²) < 4.78 is 25.3. The van der Waals surface area contributed by atoms with Crippen LogP contribution in [0.2, 0.25) is 0 Å². The number of amides is 1. The van der Waals surface area contributed by atoms with Crippen molar-refractivity contribution in [2.24, 2.45) is 0 Å². The van der Waals surface area contributed by atoms with E-state index in [4.69, 9.17) is 0 Å². The third-order valence-electron chi connectivity index (χ3n) is 5.06. The van der Waals surface area contributed by atoms with Gasteiger partial charge in [-0.2, -0.15) is 0 Å². The third-order valence-corrected chi connectivity index (χ3v) is 7.07. The average Bonchev–Trinajstić information content (AvgIpc) is 3.16. The van der Waals surface area contributed by atoms with E-state index < -0.39 is 20.5 Å². The molecule has 1 fully saturated rings. The number of nitrogens with zero attached hydrogens (tertiary/aromatic N) is 2. The minimum atomic E-state index is -3.52. The molecule has 1 amide bonds. The van der Waals surface area contributed by atoms with Gasteiger partial charge in [-0.25, -0.2) is 13.4 Å².